The molecular formula is C16H13ClF4N2S. The predicted molar refractivity (Wildman–Crippen MR) is 89.8 cm³/mol. The zero-order chi connectivity index (χ0) is 17.9. The van der Waals surface area contributed by atoms with Crippen LogP contribution in [0, 0.1) is 12.7 Å². The van der Waals surface area contributed by atoms with Crippen molar-refractivity contribution in [3.8, 4) is 0 Å². The van der Waals surface area contributed by atoms with Gasteiger partial charge in [-0.15, -0.1) is 11.8 Å². The average Bonchev–Trinajstić information content (AvgIpc) is 2.48. The smallest absolute Gasteiger partial charge is 0.383 e. The van der Waals surface area contributed by atoms with Gasteiger partial charge in [-0.3, -0.25) is 0 Å². The van der Waals surface area contributed by atoms with E-state index in [9.17, 15) is 17.6 Å². The highest BCUT2D eigenvalue weighted by Crippen LogP contribution is 2.33. The number of rotatable bonds is 4. The Morgan fingerprint density at radius 1 is 1.21 bits per heavy atom. The zero-order valence-electron chi connectivity index (χ0n) is 12.5. The van der Waals surface area contributed by atoms with Crippen LogP contribution in [0.1, 0.15) is 11.1 Å². The van der Waals surface area contributed by atoms with Crippen LogP contribution in [0.25, 0.3) is 0 Å². The van der Waals surface area contributed by atoms with Crippen LogP contribution in [-0.2, 0) is 0 Å². The zero-order valence-corrected chi connectivity index (χ0v) is 14.1. The van der Waals surface area contributed by atoms with Crippen molar-refractivity contribution in [3.05, 3.63) is 58.4 Å². The third-order valence-electron chi connectivity index (χ3n) is 3.02. The minimum absolute atomic E-state index is 0.0428. The van der Waals surface area contributed by atoms with Gasteiger partial charge >= 0.3 is 6.18 Å². The fourth-order valence-electron chi connectivity index (χ4n) is 1.86. The van der Waals surface area contributed by atoms with Crippen LogP contribution in [0.5, 0.6) is 0 Å². The molecule has 0 unspecified atom stereocenters. The molecular weight excluding hydrogens is 364 g/mol. The minimum atomic E-state index is -4.31. The fraction of sp³-hybridized carbons (Fsp3) is 0.188. The average molecular weight is 377 g/mol. The number of thioether (sulfide) groups is 1. The van der Waals surface area contributed by atoms with E-state index < -0.39 is 17.7 Å². The van der Waals surface area contributed by atoms with Crippen LogP contribution in [0.15, 0.2) is 46.3 Å². The Kier molecular flexibility index (Phi) is 5.77. The summed E-state index contributed by atoms with van der Waals surface area (Å²) >= 11 is 6.36. The Labute approximate surface area is 145 Å². The molecule has 2 aromatic carbocycles. The third-order valence-corrected chi connectivity index (χ3v) is 4.49. The number of benzene rings is 2. The van der Waals surface area contributed by atoms with Gasteiger partial charge in [-0.1, -0.05) is 11.6 Å². The molecule has 0 heterocycles. The van der Waals surface area contributed by atoms with Crippen molar-refractivity contribution in [2.24, 2.45) is 10.7 Å². The van der Waals surface area contributed by atoms with Crippen LogP contribution in [-0.4, -0.2) is 17.8 Å². The van der Waals surface area contributed by atoms with Gasteiger partial charge in [0.1, 0.15) is 17.3 Å². The summed E-state index contributed by atoms with van der Waals surface area (Å²) < 4.78 is 51.1. The second kappa shape index (κ2) is 7.44. The molecule has 0 aliphatic rings. The van der Waals surface area contributed by atoms with E-state index in [1.807, 2.05) is 0 Å². The summed E-state index contributed by atoms with van der Waals surface area (Å²) in [6.45, 7) is 1.54. The summed E-state index contributed by atoms with van der Waals surface area (Å²) in [7, 11) is 0. The molecule has 0 bridgehead atoms. The molecule has 0 aliphatic carbocycles. The molecule has 0 fully saturated rings. The van der Waals surface area contributed by atoms with Crippen LogP contribution in [0.2, 0.25) is 5.02 Å². The first-order valence-electron chi connectivity index (χ1n) is 6.75. The highest BCUT2D eigenvalue weighted by atomic mass is 35.5. The van der Waals surface area contributed by atoms with Gasteiger partial charge in [-0.25, -0.2) is 9.38 Å². The molecule has 0 aromatic heterocycles. The Morgan fingerprint density at radius 3 is 2.42 bits per heavy atom. The molecule has 2 nitrogen and oxygen atoms in total. The van der Waals surface area contributed by atoms with E-state index in [0.717, 1.165) is 6.07 Å². The molecule has 2 rings (SSSR count). The number of amidine groups is 1. The quantitative estimate of drug-likeness (QED) is 0.332. The van der Waals surface area contributed by atoms with Crippen LogP contribution >= 0.6 is 23.4 Å². The van der Waals surface area contributed by atoms with E-state index in [2.05, 4.69) is 4.99 Å². The van der Waals surface area contributed by atoms with Crippen LogP contribution in [0.4, 0.5) is 23.2 Å². The van der Waals surface area contributed by atoms with E-state index in [1.165, 1.54) is 13.0 Å². The van der Waals surface area contributed by atoms with Crippen molar-refractivity contribution in [2.45, 2.75) is 18.0 Å². The Hall–Kier alpha value is -1.73. The molecule has 0 saturated heterocycles. The number of nitrogens with two attached hydrogens (primary N) is 1. The number of aryl methyl sites for hydroxylation is 1. The SMILES string of the molecule is Cc1cc(F)c(/N=C(/N)c2ccc(Cl)cc2)cc1SCC(F)(F)F. The number of alkyl halides is 3. The summed E-state index contributed by atoms with van der Waals surface area (Å²) in [5, 5.41) is 0.513. The number of hydrogen-bond donors (Lipinski definition) is 1. The summed E-state index contributed by atoms with van der Waals surface area (Å²) in [5.41, 5.74) is 6.66. The molecule has 24 heavy (non-hydrogen) atoms. The highest BCUT2D eigenvalue weighted by Gasteiger charge is 2.27. The topological polar surface area (TPSA) is 38.4 Å². The Bertz CT molecular complexity index is 758. The minimum Gasteiger partial charge on any atom is -0.383 e. The van der Waals surface area contributed by atoms with E-state index in [0.29, 0.717) is 32.8 Å². The summed E-state index contributed by atoms with van der Waals surface area (Å²) in [6, 6.07) is 8.86. The first-order valence-corrected chi connectivity index (χ1v) is 8.12. The molecule has 0 amide bonds. The van der Waals surface area contributed by atoms with E-state index >= 15 is 0 Å². The van der Waals surface area contributed by atoms with Crippen molar-refractivity contribution < 1.29 is 17.6 Å². The third kappa shape index (κ3) is 5.14. The molecule has 2 N–H and O–H groups in total. The maximum absolute atomic E-state index is 14.0. The van der Waals surface area contributed by atoms with E-state index in [-0.39, 0.29) is 11.5 Å². The number of halogens is 5. The number of aliphatic imine (C=N–C) groups is 1. The lowest BCUT2D eigenvalue weighted by molar-refractivity contribution is -0.105. The molecule has 0 aliphatic heterocycles. The molecule has 0 saturated carbocycles. The van der Waals surface area contributed by atoms with Crippen molar-refractivity contribution in [2.75, 3.05) is 5.75 Å². The summed E-state index contributed by atoms with van der Waals surface area (Å²) in [4.78, 5) is 4.29. The van der Waals surface area contributed by atoms with Gasteiger partial charge in [-0.05, 0) is 48.9 Å². The van der Waals surface area contributed by atoms with Gasteiger partial charge in [-0.2, -0.15) is 13.2 Å². The summed E-state index contributed by atoms with van der Waals surface area (Å²) in [5.74, 6) is -1.67. The van der Waals surface area contributed by atoms with Gasteiger partial charge in [0.05, 0.1) is 5.75 Å². The first kappa shape index (κ1) is 18.6. The molecule has 0 spiro atoms. The van der Waals surface area contributed by atoms with Gasteiger partial charge in [0.2, 0.25) is 0 Å². The van der Waals surface area contributed by atoms with Crippen molar-refractivity contribution in [3.63, 3.8) is 0 Å². The lowest BCUT2D eigenvalue weighted by Crippen LogP contribution is -2.12. The van der Waals surface area contributed by atoms with Gasteiger partial charge in [0.25, 0.3) is 0 Å². The molecule has 0 radical (unpaired) electrons. The second-order valence-electron chi connectivity index (χ2n) is 4.98. The van der Waals surface area contributed by atoms with Crippen molar-refractivity contribution >= 4 is 34.9 Å². The molecule has 2 aromatic rings. The van der Waals surface area contributed by atoms with Crippen molar-refractivity contribution in [1.82, 2.24) is 0 Å². The van der Waals surface area contributed by atoms with Crippen LogP contribution in [0.3, 0.4) is 0 Å². The normalized spacial score (nSPS) is 12.5. The van der Waals surface area contributed by atoms with Gasteiger partial charge < -0.3 is 5.73 Å². The number of hydrogen-bond acceptors (Lipinski definition) is 2. The summed E-state index contributed by atoms with van der Waals surface area (Å²) in [6.07, 6.45) is -4.31. The Morgan fingerprint density at radius 2 is 1.83 bits per heavy atom. The second-order valence-corrected chi connectivity index (χ2v) is 6.43. The van der Waals surface area contributed by atoms with Gasteiger partial charge in [0.15, 0.2) is 0 Å². The lowest BCUT2D eigenvalue weighted by atomic mass is 10.2. The first-order chi connectivity index (χ1) is 11.2. The molecule has 0 atom stereocenters. The molecule has 128 valence electrons. The highest BCUT2D eigenvalue weighted by molar-refractivity contribution is 7.99. The van der Waals surface area contributed by atoms with Gasteiger partial charge in [0, 0.05) is 15.5 Å². The van der Waals surface area contributed by atoms with Crippen LogP contribution < -0.4 is 5.73 Å². The fourth-order valence-corrected chi connectivity index (χ4v) is 2.78. The monoisotopic (exact) mass is 376 g/mol. The number of nitrogens with zero attached hydrogens (tertiary/aromatic N) is 1. The maximum Gasteiger partial charge on any atom is 0.398 e. The molecule has 8 heteroatoms. The Balaban J connectivity index is 2.32. The standard InChI is InChI=1S/C16H13ClF4N2S/c1-9-6-12(18)13(7-14(9)24-8-16(19,20)21)23-15(22)10-2-4-11(17)5-3-10/h2-7H,8H2,1H3,(H2,22,23). The van der Waals surface area contributed by atoms with Crippen molar-refractivity contribution in [1.29, 1.82) is 0 Å². The maximum atomic E-state index is 14.0. The predicted octanol–water partition coefficient (Wildman–Crippen LogP) is 5.48. The largest absolute Gasteiger partial charge is 0.398 e. The van der Waals surface area contributed by atoms with E-state index in [1.54, 1.807) is 24.3 Å². The lowest BCUT2D eigenvalue weighted by Gasteiger charge is -2.10. The van der Waals surface area contributed by atoms with E-state index in [4.69, 9.17) is 17.3 Å².